The standard InChI is InChI=1S/C23H27BrN2O2/c1-28-21-9-7-20(8-10-21)26-15-11-19(12-16-26)25-22(27)23(13-2-14-23)17-3-5-18(24)6-4-17/h3-10,19H,2,11-16H2,1H3,(H,25,27). The number of halogens is 1. The third-order valence-corrected chi connectivity index (χ3v) is 6.83. The molecule has 0 unspecified atom stereocenters. The molecule has 0 aromatic heterocycles. The fourth-order valence-electron chi connectivity index (χ4n) is 4.34. The molecule has 28 heavy (non-hydrogen) atoms. The molecule has 0 spiro atoms. The van der Waals surface area contributed by atoms with Crippen molar-refractivity contribution in [3.8, 4) is 5.75 Å². The van der Waals surface area contributed by atoms with Crippen molar-refractivity contribution in [2.24, 2.45) is 0 Å². The van der Waals surface area contributed by atoms with Gasteiger partial charge in [0.15, 0.2) is 0 Å². The van der Waals surface area contributed by atoms with Crippen LogP contribution >= 0.6 is 15.9 Å². The maximum absolute atomic E-state index is 13.2. The molecule has 1 saturated carbocycles. The van der Waals surface area contributed by atoms with E-state index in [0.717, 1.165) is 61.0 Å². The zero-order chi connectivity index (χ0) is 19.6. The first kappa shape index (κ1) is 19.3. The van der Waals surface area contributed by atoms with Gasteiger partial charge in [0.1, 0.15) is 5.75 Å². The summed E-state index contributed by atoms with van der Waals surface area (Å²) in [7, 11) is 1.69. The van der Waals surface area contributed by atoms with Crippen LogP contribution in [-0.4, -0.2) is 32.1 Å². The van der Waals surface area contributed by atoms with E-state index >= 15 is 0 Å². The molecule has 5 heteroatoms. The predicted octanol–water partition coefficient (Wildman–Crippen LogP) is 4.66. The molecule has 148 valence electrons. The van der Waals surface area contributed by atoms with Gasteiger partial charge in [0.25, 0.3) is 0 Å². The number of carbonyl (C=O) groups excluding carboxylic acids is 1. The van der Waals surface area contributed by atoms with Crippen molar-refractivity contribution < 1.29 is 9.53 Å². The van der Waals surface area contributed by atoms with Gasteiger partial charge < -0.3 is 15.0 Å². The zero-order valence-electron chi connectivity index (χ0n) is 16.3. The summed E-state index contributed by atoms with van der Waals surface area (Å²) in [6, 6.07) is 16.7. The van der Waals surface area contributed by atoms with Crippen LogP contribution in [0.2, 0.25) is 0 Å². The third-order valence-electron chi connectivity index (χ3n) is 6.31. The summed E-state index contributed by atoms with van der Waals surface area (Å²) in [5, 5.41) is 3.37. The fraction of sp³-hybridized carbons (Fsp3) is 0.435. The monoisotopic (exact) mass is 442 g/mol. The number of rotatable bonds is 5. The molecular formula is C23H27BrN2O2. The lowest BCUT2D eigenvalue weighted by atomic mass is 9.63. The van der Waals surface area contributed by atoms with Gasteiger partial charge in [-0.3, -0.25) is 4.79 Å². The highest BCUT2D eigenvalue weighted by molar-refractivity contribution is 9.10. The Kier molecular flexibility index (Phi) is 5.63. The average molecular weight is 443 g/mol. The van der Waals surface area contributed by atoms with Gasteiger partial charge in [-0.1, -0.05) is 34.5 Å². The first-order valence-electron chi connectivity index (χ1n) is 10.1. The second-order valence-corrected chi connectivity index (χ2v) is 8.79. The Morgan fingerprint density at radius 3 is 2.25 bits per heavy atom. The minimum absolute atomic E-state index is 0.212. The minimum atomic E-state index is -0.326. The van der Waals surface area contributed by atoms with Gasteiger partial charge in [-0.15, -0.1) is 0 Å². The second kappa shape index (κ2) is 8.16. The molecule has 2 fully saturated rings. The van der Waals surface area contributed by atoms with E-state index in [1.807, 2.05) is 24.3 Å². The largest absolute Gasteiger partial charge is 0.497 e. The second-order valence-electron chi connectivity index (χ2n) is 7.88. The average Bonchev–Trinajstić information content (AvgIpc) is 2.69. The Bertz CT molecular complexity index is 808. The van der Waals surface area contributed by atoms with Crippen molar-refractivity contribution in [1.29, 1.82) is 0 Å². The molecule has 4 rings (SSSR count). The normalized spacial score (nSPS) is 19.0. The van der Waals surface area contributed by atoms with E-state index in [1.165, 1.54) is 5.69 Å². The molecule has 2 aromatic carbocycles. The maximum atomic E-state index is 13.2. The molecule has 1 aliphatic carbocycles. The molecule has 2 aliphatic rings. The van der Waals surface area contributed by atoms with Crippen molar-refractivity contribution >= 4 is 27.5 Å². The number of ether oxygens (including phenoxy) is 1. The molecule has 0 bridgehead atoms. The number of amides is 1. The summed E-state index contributed by atoms with van der Waals surface area (Å²) in [5.74, 6) is 1.09. The Morgan fingerprint density at radius 2 is 1.71 bits per heavy atom. The van der Waals surface area contributed by atoms with Crippen LogP contribution in [0.15, 0.2) is 53.0 Å². The van der Waals surface area contributed by atoms with Crippen molar-refractivity contribution in [2.75, 3.05) is 25.1 Å². The van der Waals surface area contributed by atoms with Crippen molar-refractivity contribution in [3.05, 3.63) is 58.6 Å². The number of carbonyl (C=O) groups is 1. The molecule has 4 nitrogen and oxygen atoms in total. The quantitative estimate of drug-likeness (QED) is 0.731. The topological polar surface area (TPSA) is 41.6 Å². The number of hydrogen-bond donors (Lipinski definition) is 1. The Hall–Kier alpha value is -2.01. The lowest BCUT2D eigenvalue weighted by Gasteiger charge is -2.43. The summed E-state index contributed by atoms with van der Waals surface area (Å²) in [6.07, 6.45) is 4.98. The van der Waals surface area contributed by atoms with E-state index < -0.39 is 0 Å². The lowest BCUT2D eigenvalue weighted by molar-refractivity contribution is -0.130. The zero-order valence-corrected chi connectivity index (χ0v) is 17.9. The molecular weight excluding hydrogens is 416 g/mol. The first-order chi connectivity index (χ1) is 13.6. The van der Waals surface area contributed by atoms with Crippen LogP contribution in [0.5, 0.6) is 5.75 Å². The van der Waals surface area contributed by atoms with E-state index in [0.29, 0.717) is 0 Å². The smallest absolute Gasteiger partial charge is 0.230 e. The van der Waals surface area contributed by atoms with Crippen LogP contribution in [0.4, 0.5) is 5.69 Å². The van der Waals surface area contributed by atoms with Crippen LogP contribution < -0.4 is 15.0 Å². The number of piperidine rings is 1. The summed E-state index contributed by atoms with van der Waals surface area (Å²) in [4.78, 5) is 15.6. The Morgan fingerprint density at radius 1 is 1.07 bits per heavy atom. The van der Waals surface area contributed by atoms with Gasteiger partial charge in [0, 0.05) is 29.3 Å². The van der Waals surface area contributed by atoms with E-state index in [-0.39, 0.29) is 17.4 Å². The number of nitrogens with zero attached hydrogens (tertiary/aromatic N) is 1. The van der Waals surface area contributed by atoms with E-state index in [4.69, 9.17) is 4.74 Å². The predicted molar refractivity (Wildman–Crippen MR) is 116 cm³/mol. The van der Waals surface area contributed by atoms with Crippen molar-refractivity contribution in [1.82, 2.24) is 5.32 Å². The first-order valence-corrected chi connectivity index (χ1v) is 10.9. The summed E-state index contributed by atoms with van der Waals surface area (Å²) in [6.45, 7) is 1.92. The summed E-state index contributed by atoms with van der Waals surface area (Å²) in [5.41, 5.74) is 2.04. The van der Waals surface area contributed by atoms with Crippen LogP contribution in [-0.2, 0) is 10.2 Å². The number of hydrogen-bond acceptors (Lipinski definition) is 3. The van der Waals surface area contributed by atoms with E-state index in [2.05, 4.69) is 50.4 Å². The van der Waals surface area contributed by atoms with Crippen molar-refractivity contribution in [3.63, 3.8) is 0 Å². The molecule has 1 aliphatic heterocycles. The molecule has 1 heterocycles. The van der Waals surface area contributed by atoms with Crippen molar-refractivity contribution in [2.45, 2.75) is 43.6 Å². The highest BCUT2D eigenvalue weighted by atomic mass is 79.9. The molecule has 1 saturated heterocycles. The van der Waals surface area contributed by atoms with Gasteiger partial charge in [0.2, 0.25) is 5.91 Å². The van der Waals surface area contributed by atoms with Crippen LogP contribution in [0.1, 0.15) is 37.7 Å². The van der Waals surface area contributed by atoms with Crippen LogP contribution in [0.25, 0.3) is 0 Å². The Balaban J connectivity index is 1.36. The number of nitrogens with one attached hydrogen (secondary N) is 1. The van der Waals surface area contributed by atoms with Gasteiger partial charge in [-0.2, -0.15) is 0 Å². The SMILES string of the molecule is COc1ccc(N2CCC(NC(=O)C3(c4ccc(Br)cc4)CCC3)CC2)cc1. The minimum Gasteiger partial charge on any atom is -0.497 e. The molecule has 0 atom stereocenters. The highest BCUT2D eigenvalue weighted by Gasteiger charge is 2.46. The molecule has 2 aromatic rings. The lowest BCUT2D eigenvalue weighted by Crippen LogP contribution is -2.54. The summed E-state index contributed by atoms with van der Waals surface area (Å²) < 4.78 is 6.29. The van der Waals surface area contributed by atoms with E-state index in [1.54, 1.807) is 7.11 Å². The highest BCUT2D eigenvalue weighted by Crippen LogP contribution is 2.44. The molecule has 1 N–H and O–H groups in total. The van der Waals surface area contributed by atoms with E-state index in [9.17, 15) is 4.79 Å². The number of methoxy groups -OCH3 is 1. The number of anilines is 1. The summed E-state index contributed by atoms with van der Waals surface area (Å²) >= 11 is 3.49. The van der Waals surface area contributed by atoms with Gasteiger partial charge >= 0.3 is 0 Å². The molecule has 1 amide bonds. The maximum Gasteiger partial charge on any atom is 0.230 e. The Labute approximate surface area is 175 Å². The van der Waals surface area contributed by atoms with Crippen LogP contribution in [0.3, 0.4) is 0 Å². The van der Waals surface area contributed by atoms with Gasteiger partial charge in [-0.25, -0.2) is 0 Å². The molecule has 0 radical (unpaired) electrons. The number of benzene rings is 2. The van der Waals surface area contributed by atoms with Crippen LogP contribution in [0, 0.1) is 0 Å². The van der Waals surface area contributed by atoms with Gasteiger partial charge in [0.05, 0.1) is 12.5 Å². The van der Waals surface area contributed by atoms with Gasteiger partial charge in [-0.05, 0) is 67.6 Å². The third kappa shape index (κ3) is 3.77. The fourth-order valence-corrected chi connectivity index (χ4v) is 4.61.